The number of aromatic nitrogens is 4. The number of aliphatic hydroxyl groups is 2. The Hall–Kier alpha value is -4.10. The van der Waals surface area contributed by atoms with E-state index in [2.05, 4.69) is 50.5 Å². The molecule has 2 fully saturated rings. The van der Waals surface area contributed by atoms with Crippen LogP contribution in [-0.4, -0.2) is 86.2 Å². The number of aliphatic hydroxyl groups excluding tert-OH is 2. The van der Waals surface area contributed by atoms with Gasteiger partial charge in [-0.2, -0.15) is 9.97 Å². The SMILES string of the molecule is [2H]CCNC(=O)[C@H]1OC(n2cnc3c(NCC(c4ccccc4)c4ccccc4)nc(NC4CCNC4)nc32)[C@H](O)[C@@H]1O. The van der Waals surface area contributed by atoms with E-state index in [1.807, 2.05) is 36.4 Å². The van der Waals surface area contributed by atoms with Crippen LogP contribution in [0, 0.1) is 0 Å². The smallest absolute Gasteiger partial charge is 0.252 e. The van der Waals surface area contributed by atoms with E-state index in [0.717, 1.165) is 30.6 Å². The zero-order valence-corrected chi connectivity index (χ0v) is 23.1. The van der Waals surface area contributed by atoms with Gasteiger partial charge in [0.25, 0.3) is 5.91 Å². The largest absolute Gasteiger partial charge is 0.387 e. The lowest BCUT2D eigenvalue weighted by Crippen LogP contribution is -2.42. The standard InChI is InChI=1S/C30H36N8O4/c1-2-32-28(41)25-23(39)24(40)29(42-25)38-17-34-22-26(36-30(37-27(22)38)35-20-13-14-31-15-20)33-16-21(18-9-5-3-6-10-18)19-11-7-4-8-12-19/h3-12,17,20-21,23-25,29,31,39-40H,2,13-16H2,1H3,(H,32,41)(H2,33,35,36,37)/t20?,23-,24+,25-,29?/m0/s1/i1D. The molecule has 0 saturated carbocycles. The summed E-state index contributed by atoms with van der Waals surface area (Å²) in [5.74, 6) is 0.334. The molecule has 0 radical (unpaired) electrons. The molecule has 12 nitrogen and oxygen atoms in total. The predicted molar refractivity (Wildman–Crippen MR) is 158 cm³/mol. The number of benzene rings is 2. The van der Waals surface area contributed by atoms with Gasteiger partial charge in [-0.15, -0.1) is 0 Å². The lowest BCUT2D eigenvalue weighted by atomic mass is 9.91. The third-order valence-corrected chi connectivity index (χ3v) is 7.76. The first-order valence-electron chi connectivity index (χ1n) is 14.9. The number of likely N-dealkylation sites (N-methyl/N-ethyl adjacent to an activating group) is 1. The van der Waals surface area contributed by atoms with E-state index in [9.17, 15) is 15.0 Å². The minimum Gasteiger partial charge on any atom is -0.387 e. The summed E-state index contributed by atoms with van der Waals surface area (Å²) < 4.78 is 14.7. The molecule has 2 aliphatic rings. The van der Waals surface area contributed by atoms with E-state index in [0.29, 0.717) is 29.5 Å². The van der Waals surface area contributed by atoms with E-state index < -0.39 is 30.4 Å². The lowest BCUT2D eigenvalue weighted by molar-refractivity contribution is -0.137. The summed E-state index contributed by atoms with van der Waals surface area (Å²) in [6, 6.07) is 20.6. The van der Waals surface area contributed by atoms with E-state index in [1.54, 1.807) is 0 Å². The highest BCUT2D eigenvalue weighted by Gasteiger charge is 2.47. The molecule has 6 rings (SSSR count). The van der Waals surface area contributed by atoms with Gasteiger partial charge in [-0.1, -0.05) is 60.7 Å². The molecular weight excluding hydrogens is 536 g/mol. The van der Waals surface area contributed by atoms with Crippen LogP contribution in [0.2, 0.25) is 0 Å². The number of ether oxygens (including phenoxy) is 1. The number of carbonyl (C=O) groups excluding carboxylic acids is 1. The molecule has 2 aromatic heterocycles. The van der Waals surface area contributed by atoms with Crippen molar-refractivity contribution in [1.82, 2.24) is 30.2 Å². The molecule has 6 N–H and O–H groups in total. The Labute approximate surface area is 245 Å². The van der Waals surface area contributed by atoms with E-state index >= 15 is 0 Å². The summed E-state index contributed by atoms with van der Waals surface area (Å²) >= 11 is 0. The number of anilines is 2. The van der Waals surface area contributed by atoms with Crippen LogP contribution in [0.4, 0.5) is 11.8 Å². The van der Waals surface area contributed by atoms with Crippen molar-refractivity contribution in [3.05, 3.63) is 78.1 Å². The van der Waals surface area contributed by atoms with Crippen molar-refractivity contribution in [2.75, 3.05) is 36.8 Å². The molecule has 220 valence electrons. The highest BCUT2D eigenvalue weighted by molar-refractivity contribution is 5.85. The second-order valence-electron chi connectivity index (χ2n) is 10.5. The van der Waals surface area contributed by atoms with Gasteiger partial charge in [-0.25, -0.2) is 4.98 Å². The molecule has 5 atom stereocenters. The molecule has 42 heavy (non-hydrogen) atoms. The molecular formula is C30H36N8O4. The van der Waals surface area contributed by atoms with Gasteiger partial charge in [0, 0.05) is 33.0 Å². The minimum absolute atomic E-state index is 0.0128. The lowest BCUT2D eigenvalue weighted by Gasteiger charge is -2.20. The number of fused-ring (bicyclic) bond motifs is 1. The fraction of sp³-hybridized carbons (Fsp3) is 0.400. The number of imidazole rings is 1. The molecule has 2 unspecified atom stereocenters. The zero-order chi connectivity index (χ0) is 29.8. The second-order valence-corrected chi connectivity index (χ2v) is 10.5. The molecule has 2 saturated heterocycles. The van der Waals surface area contributed by atoms with Gasteiger partial charge in [-0.05, 0) is 31.0 Å². The Morgan fingerprint density at radius 1 is 1.12 bits per heavy atom. The highest BCUT2D eigenvalue weighted by Crippen LogP contribution is 2.34. The Morgan fingerprint density at radius 3 is 2.52 bits per heavy atom. The van der Waals surface area contributed by atoms with Gasteiger partial charge < -0.3 is 36.2 Å². The molecule has 12 heteroatoms. The van der Waals surface area contributed by atoms with Gasteiger partial charge in [0.2, 0.25) is 5.95 Å². The van der Waals surface area contributed by atoms with Crippen LogP contribution in [0.25, 0.3) is 11.2 Å². The summed E-state index contributed by atoms with van der Waals surface area (Å²) in [6.07, 6.45) is -2.90. The van der Waals surface area contributed by atoms with E-state index in [-0.39, 0.29) is 25.4 Å². The van der Waals surface area contributed by atoms with Gasteiger partial charge in [0.1, 0.15) is 12.2 Å². The second kappa shape index (κ2) is 12.4. The molecule has 2 aliphatic heterocycles. The topological polar surface area (TPSA) is 158 Å². The average molecular weight is 574 g/mol. The minimum atomic E-state index is -1.47. The summed E-state index contributed by atoms with van der Waals surface area (Å²) in [5.41, 5.74) is 3.14. The number of rotatable bonds is 10. The third kappa shape index (κ3) is 5.66. The van der Waals surface area contributed by atoms with Crippen LogP contribution in [-0.2, 0) is 9.53 Å². The van der Waals surface area contributed by atoms with Crippen LogP contribution in [0.15, 0.2) is 67.0 Å². The molecule has 1 amide bonds. The van der Waals surface area contributed by atoms with Crippen LogP contribution < -0.4 is 21.3 Å². The molecule has 2 aromatic carbocycles. The Balaban J connectivity index is 1.33. The molecule has 0 aliphatic carbocycles. The first-order chi connectivity index (χ1) is 21.0. The monoisotopic (exact) mass is 573 g/mol. The fourth-order valence-corrected chi connectivity index (χ4v) is 5.58. The summed E-state index contributed by atoms with van der Waals surface area (Å²) in [7, 11) is 0. The maximum atomic E-state index is 12.6. The average Bonchev–Trinajstić information content (AvgIpc) is 3.77. The van der Waals surface area contributed by atoms with E-state index in [1.165, 1.54) is 10.9 Å². The predicted octanol–water partition coefficient (Wildman–Crippen LogP) is 1.60. The number of amides is 1. The van der Waals surface area contributed by atoms with Crippen molar-refractivity contribution in [3.63, 3.8) is 0 Å². The molecule has 4 aromatic rings. The number of nitrogens with zero attached hydrogens (tertiary/aromatic N) is 4. The van der Waals surface area contributed by atoms with Gasteiger partial charge >= 0.3 is 0 Å². The van der Waals surface area contributed by atoms with Crippen molar-refractivity contribution >= 4 is 28.8 Å². The molecule has 0 spiro atoms. The third-order valence-electron chi connectivity index (χ3n) is 7.76. The zero-order valence-electron chi connectivity index (χ0n) is 24.1. The number of hydrogen-bond acceptors (Lipinski definition) is 10. The fourth-order valence-electron chi connectivity index (χ4n) is 5.58. The van der Waals surface area contributed by atoms with Gasteiger partial charge in [0.15, 0.2) is 29.3 Å². The van der Waals surface area contributed by atoms with Crippen LogP contribution in [0.1, 0.15) is 38.0 Å². The Morgan fingerprint density at radius 2 is 1.86 bits per heavy atom. The van der Waals surface area contributed by atoms with Crippen molar-refractivity contribution in [1.29, 1.82) is 0 Å². The summed E-state index contributed by atoms with van der Waals surface area (Å²) in [4.78, 5) is 26.7. The van der Waals surface area contributed by atoms with Gasteiger partial charge in [-0.3, -0.25) is 9.36 Å². The van der Waals surface area contributed by atoms with Crippen LogP contribution in [0.3, 0.4) is 0 Å². The summed E-state index contributed by atoms with van der Waals surface area (Å²) in [6.45, 7) is 2.29. The van der Waals surface area contributed by atoms with Crippen molar-refractivity contribution in [2.24, 2.45) is 0 Å². The highest BCUT2D eigenvalue weighted by atomic mass is 16.6. The Bertz CT molecular complexity index is 1480. The number of hydrogen-bond donors (Lipinski definition) is 6. The number of nitrogens with one attached hydrogen (secondary N) is 4. The normalized spacial score (nSPS) is 24.2. The van der Waals surface area contributed by atoms with Crippen molar-refractivity contribution in [3.8, 4) is 0 Å². The van der Waals surface area contributed by atoms with Crippen LogP contribution >= 0.6 is 0 Å². The van der Waals surface area contributed by atoms with Crippen LogP contribution in [0.5, 0.6) is 0 Å². The molecule has 4 heterocycles. The Kier molecular flexibility index (Phi) is 7.91. The number of carbonyl (C=O) groups is 1. The maximum absolute atomic E-state index is 12.6. The molecule has 0 bridgehead atoms. The van der Waals surface area contributed by atoms with Crippen molar-refractivity contribution in [2.45, 2.75) is 49.8 Å². The first kappa shape index (κ1) is 26.8. The maximum Gasteiger partial charge on any atom is 0.252 e. The van der Waals surface area contributed by atoms with Gasteiger partial charge in [0.05, 0.1) is 6.33 Å². The van der Waals surface area contributed by atoms with Crippen molar-refractivity contribution < 1.29 is 21.1 Å². The van der Waals surface area contributed by atoms with E-state index in [4.69, 9.17) is 16.1 Å². The first-order valence-corrected chi connectivity index (χ1v) is 14.2. The quantitative estimate of drug-likeness (QED) is 0.165. The summed E-state index contributed by atoms with van der Waals surface area (Å²) in [5, 5.41) is 34.3.